The number of hydrogen-bond acceptors (Lipinski definition) is 5. The first kappa shape index (κ1) is 21.8. The van der Waals surface area contributed by atoms with Crippen LogP contribution in [-0.4, -0.2) is 11.6 Å². The number of hydrogen-bond donors (Lipinski definition) is 0. The van der Waals surface area contributed by atoms with Gasteiger partial charge in [0.25, 0.3) is 0 Å². The smallest absolute Gasteiger partial charge is 0.191 e. The van der Waals surface area contributed by atoms with Gasteiger partial charge in [-0.1, -0.05) is 24.9 Å². The highest BCUT2D eigenvalue weighted by Crippen LogP contribution is 2.51. The third-order valence-corrected chi connectivity index (χ3v) is 10.7. The second-order valence-electron chi connectivity index (χ2n) is 5.03. The maximum absolute atomic E-state index is 12.3. The van der Waals surface area contributed by atoms with E-state index in [0.29, 0.717) is 22.3 Å². The Morgan fingerprint density at radius 3 is 1.40 bits per heavy atom. The first-order valence-electron chi connectivity index (χ1n) is 6.60. The van der Waals surface area contributed by atoms with E-state index in [0.717, 1.165) is 24.9 Å². The van der Waals surface area contributed by atoms with Gasteiger partial charge in [0.15, 0.2) is 11.6 Å². The second kappa shape index (κ2) is 8.67. The van der Waals surface area contributed by atoms with Gasteiger partial charge in [0.05, 0.1) is 36.1 Å². The number of ketones is 2. The number of thiophene rings is 2. The molecular formula is C16H10Br4O2S3. The Hall–Kier alpha value is 0.490. The summed E-state index contributed by atoms with van der Waals surface area (Å²) in [5.74, 6) is -0.210. The standard InChI is InChI=1S/C16H10Br4O2S3/c1-5(2)11(21)7-9(17)15(23-13(7)19)25-16-10(18)8(14(20)24-16)12(22)6(3)4/h1,3H2,2,4H3. The molecule has 0 unspecified atom stereocenters. The van der Waals surface area contributed by atoms with Crippen molar-refractivity contribution >= 4 is 110 Å². The molecule has 0 saturated carbocycles. The van der Waals surface area contributed by atoms with Crippen LogP contribution in [0.1, 0.15) is 34.6 Å². The molecule has 132 valence electrons. The maximum atomic E-state index is 12.3. The summed E-state index contributed by atoms with van der Waals surface area (Å²) in [6.07, 6.45) is 0. The van der Waals surface area contributed by atoms with E-state index < -0.39 is 0 Å². The zero-order valence-corrected chi connectivity index (χ0v) is 21.8. The minimum atomic E-state index is -0.105. The first-order valence-corrected chi connectivity index (χ1v) is 12.2. The minimum absolute atomic E-state index is 0.105. The van der Waals surface area contributed by atoms with E-state index in [-0.39, 0.29) is 11.6 Å². The van der Waals surface area contributed by atoms with Crippen LogP contribution in [0.15, 0.2) is 49.2 Å². The second-order valence-corrected chi connectivity index (χ2v) is 12.8. The maximum Gasteiger partial charge on any atom is 0.191 e. The summed E-state index contributed by atoms with van der Waals surface area (Å²) < 4.78 is 4.79. The number of rotatable bonds is 6. The predicted octanol–water partition coefficient (Wildman–Crippen LogP) is 8.53. The average molecular weight is 650 g/mol. The number of carbonyl (C=O) groups excluding carboxylic acids is 2. The highest BCUT2D eigenvalue weighted by atomic mass is 79.9. The monoisotopic (exact) mass is 646 g/mol. The molecule has 9 heteroatoms. The summed E-state index contributed by atoms with van der Waals surface area (Å²) in [5.41, 5.74) is 2.10. The molecule has 2 aromatic rings. The van der Waals surface area contributed by atoms with Gasteiger partial charge >= 0.3 is 0 Å². The van der Waals surface area contributed by atoms with Crippen LogP contribution in [0.3, 0.4) is 0 Å². The average Bonchev–Trinajstić information content (AvgIpc) is 2.94. The van der Waals surface area contributed by atoms with Crippen molar-refractivity contribution in [3.05, 3.63) is 51.9 Å². The fourth-order valence-electron chi connectivity index (χ4n) is 1.75. The van der Waals surface area contributed by atoms with Crippen LogP contribution in [0.5, 0.6) is 0 Å². The van der Waals surface area contributed by atoms with Gasteiger partial charge in [-0.2, -0.15) is 0 Å². The van der Waals surface area contributed by atoms with E-state index in [4.69, 9.17) is 0 Å². The summed E-state index contributed by atoms with van der Waals surface area (Å²) in [6.45, 7) is 10.8. The lowest BCUT2D eigenvalue weighted by Crippen LogP contribution is -1.99. The Morgan fingerprint density at radius 2 is 1.12 bits per heavy atom. The fraction of sp³-hybridized carbons (Fsp3) is 0.125. The summed E-state index contributed by atoms with van der Waals surface area (Å²) >= 11 is 18.4. The number of Topliss-reactive ketones (excluding diaryl/α,β-unsaturated/α-hetero) is 2. The molecular weight excluding hydrogens is 640 g/mol. The number of halogens is 4. The molecule has 0 aliphatic heterocycles. The van der Waals surface area contributed by atoms with Gasteiger partial charge in [0.2, 0.25) is 0 Å². The molecule has 0 aromatic carbocycles. The lowest BCUT2D eigenvalue weighted by molar-refractivity contribution is 0.102. The molecule has 2 nitrogen and oxygen atoms in total. The Balaban J connectivity index is 2.46. The van der Waals surface area contributed by atoms with Crippen LogP contribution in [-0.2, 0) is 0 Å². The molecule has 0 radical (unpaired) electrons. The normalized spacial score (nSPS) is 10.8. The van der Waals surface area contributed by atoms with Crippen molar-refractivity contribution in [1.29, 1.82) is 0 Å². The number of allylic oxidation sites excluding steroid dienone is 2. The molecule has 0 amide bonds. The third-order valence-electron chi connectivity index (χ3n) is 2.97. The Morgan fingerprint density at radius 1 is 0.800 bits per heavy atom. The predicted molar refractivity (Wildman–Crippen MR) is 122 cm³/mol. The molecule has 2 rings (SSSR count). The van der Waals surface area contributed by atoms with Gasteiger partial charge in [0, 0.05) is 0 Å². The highest BCUT2D eigenvalue weighted by Gasteiger charge is 2.26. The zero-order chi connectivity index (χ0) is 19.0. The topological polar surface area (TPSA) is 34.1 Å². The first-order chi connectivity index (χ1) is 11.6. The van der Waals surface area contributed by atoms with Gasteiger partial charge in [0.1, 0.15) is 0 Å². The quantitative estimate of drug-likeness (QED) is 0.232. The zero-order valence-electron chi connectivity index (χ0n) is 13.0. The Labute approximate surface area is 191 Å². The minimum Gasteiger partial charge on any atom is -0.289 e. The molecule has 0 bridgehead atoms. The van der Waals surface area contributed by atoms with E-state index in [1.807, 2.05) is 0 Å². The molecule has 0 N–H and O–H groups in total. The van der Waals surface area contributed by atoms with Crippen LogP contribution in [0.2, 0.25) is 0 Å². The number of carbonyl (C=O) groups is 2. The molecule has 0 saturated heterocycles. The van der Waals surface area contributed by atoms with Crippen LogP contribution in [0.4, 0.5) is 0 Å². The van der Waals surface area contributed by atoms with Crippen molar-refractivity contribution < 1.29 is 9.59 Å². The summed E-state index contributed by atoms with van der Waals surface area (Å²) in [5, 5.41) is 0. The largest absolute Gasteiger partial charge is 0.289 e. The molecule has 2 aromatic heterocycles. The van der Waals surface area contributed by atoms with E-state index in [1.165, 1.54) is 34.4 Å². The molecule has 0 spiro atoms. The Bertz CT molecular complexity index is 850. The van der Waals surface area contributed by atoms with Crippen molar-refractivity contribution in [1.82, 2.24) is 0 Å². The van der Waals surface area contributed by atoms with Crippen molar-refractivity contribution in [2.24, 2.45) is 0 Å². The molecule has 0 atom stereocenters. The molecule has 25 heavy (non-hydrogen) atoms. The molecule has 0 aliphatic carbocycles. The molecule has 0 aliphatic rings. The fourth-order valence-corrected chi connectivity index (χ4v) is 9.99. The summed E-state index contributed by atoms with van der Waals surface area (Å²) in [6, 6.07) is 0. The molecule has 2 heterocycles. The molecule has 0 fully saturated rings. The van der Waals surface area contributed by atoms with Crippen LogP contribution >= 0.6 is 98.2 Å². The van der Waals surface area contributed by atoms with Gasteiger partial charge in [-0.3, -0.25) is 9.59 Å². The summed E-state index contributed by atoms with van der Waals surface area (Å²) in [7, 11) is 0. The van der Waals surface area contributed by atoms with E-state index in [1.54, 1.807) is 13.8 Å². The van der Waals surface area contributed by atoms with Crippen LogP contribution < -0.4 is 0 Å². The van der Waals surface area contributed by atoms with Crippen molar-refractivity contribution in [3.63, 3.8) is 0 Å². The Kier molecular flexibility index (Phi) is 7.55. The van der Waals surface area contributed by atoms with Gasteiger partial charge in [-0.15, -0.1) is 22.7 Å². The van der Waals surface area contributed by atoms with Crippen LogP contribution in [0.25, 0.3) is 0 Å². The summed E-state index contributed by atoms with van der Waals surface area (Å²) in [4.78, 5) is 24.6. The van der Waals surface area contributed by atoms with E-state index in [9.17, 15) is 9.59 Å². The van der Waals surface area contributed by atoms with Crippen molar-refractivity contribution in [3.8, 4) is 0 Å². The highest BCUT2D eigenvalue weighted by molar-refractivity contribution is 9.12. The lowest BCUT2D eigenvalue weighted by atomic mass is 10.1. The van der Waals surface area contributed by atoms with Crippen molar-refractivity contribution in [2.75, 3.05) is 0 Å². The lowest BCUT2D eigenvalue weighted by Gasteiger charge is -2.01. The van der Waals surface area contributed by atoms with E-state index >= 15 is 0 Å². The van der Waals surface area contributed by atoms with Crippen LogP contribution in [0, 0.1) is 0 Å². The van der Waals surface area contributed by atoms with Gasteiger partial charge in [-0.25, -0.2) is 0 Å². The van der Waals surface area contributed by atoms with E-state index in [2.05, 4.69) is 76.9 Å². The SMILES string of the molecule is C=C(C)C(=O)c1c(Br)sc(Sc2sc(Br)c(C(=O)C(=C)C)c2Br)c1Br. The van der Waals surface area contributed by atoms with Crippen molar-refractivity contribution in [2.45, 2.75) is 22.3 Å². The third kappa shape index (κ3) is 4.50. The van der Waals surface area contributed by atoms with Gasteiger partial charge < -0.3 is 0 Å². The van der Waals surface area contributed by atoms with Gasteiger partial charge in [-0.05, 0) is 88.7 Å².